The number of hydrogen-bond acceptors (Lipinski definition) is 5. The van der Waals surface area contributed by atoms with E-state index in [2.05, 4.69) is 17.2 Å². The van der Waals surface area contributed by atoms with Gasteiger partial charge in [-0.1, -0.05) is 30.0 Å². The molecular weight excluding hydrogens is 370 g/mol. The summed E-state index contributed by atoms with van der Waals surface area (Å²) in [5.74, 6) is 7.82. The lowest BCUT2D eigenvalue weighted by Crippen LogP contribution is -2.21. The summed E-state index contributed by atoms with van der Waals surface area (Å²) in [6, 6.07) is 11.3. The zero-order valence-corrected chi connectivity index (χ0v) is 17.1. The summed E-state index contributed by atoms with van der Waals surface area (Å²) in [6.07, 6.45) is 3.08. The Morgan fingerprint density at radius 1 is 1.00 bits per heavy atom. The highest BCUT2D eigenvalue weighted by molar-refractivity contribution is 5.92. The molecule has 0 spiro atoms. The average Bonchev–Trinajstić information content (AvgIpc) is 2.74. The molecule has 2 aromatic carbocycles. The van der Waals surface area contributed by atoms with Gasteiger partial charge in [-0.25, -0.2) is 0 Å². The zero-order valence-electron chi connectivity index (χ0n) is 17.1. The number of hydrogen-bond donors (Lipinski definition) is 1. The third kappa shape index (κ3) is 6.51. The number of nitrogens with one attached hydrogen (secondary N) is 1. The van der Waals surface area contributed by atoms with Gasteiger partial charge in [-0.2, -0.15) is 0 Å². The van der Waals surface area contributed by atoms with E-state index in [0.717, 1.165) is 16.9 Å². The molecule has 6 nitrogen and oxygen atoms in total. The minimum atomic E-state index is -0.257. The van der Waals surface area contributed by atoms with Gasteiger partial charge in [-0.3, -0.25) is 4.79 Å². The molecule has 0 aliphatic heterocycles. The van der Waals surface area contributed by atoms with Crippen LogP contribution in [0.4, 0.5) is 0 Å². The highest BCUT2D eigenvalue weighted by Crippen LogP contribution is 2.38. The Kier molecular flexibility index (Phi) is 8.46. The fourth-order valence-corrected chi connectivity index (χ4v) is 2.51. The lowest BCUT2D eigenvalue weighted by molar-refractivity contribution is -0.116. The maximum absolute atomic E-state index is 12.0. The summed E-state index contributed by atoms with van der Waals surface area (Å²) in [7, 11) is 4.62. The summed E-state index contributed by atoms with van der Waals surface area (Å²) in [6.45, 7) is 2.47. The minimum absolute atomic E-state index is 0.232. The number of ether oxygens (including phenoxy) is 4. The zero-order chi connectivity index (χ0) is 21.1. The van der Waals surface area contributed by atoms with Crippen molar-refractivity contribution < 1.29 is 23.7 Å². The lowest BCUT2D eigenvalue weighted by Gasteiger charge is -2.12. The van der Waals surface area contributed by atoms with Crippen molar-refractivity contribution in [2.24, 2.45) is 0 Å². The van der Waals surface area contributed by atoms with Crippen molar-refractivity contribution in [1.82, 2.24) is 5.32 Å². The van der Waals surface area contributed by atoms with Crippen LogP contribution >= 0.6 is 0 Å². The van der Waals surface area contributed by atoms with Crippen LogP contribution in [-0.2, 0) is 4.79 Å². The van der Waals surface area contributed by atoms with Crippen LogP contribution in [0.2, 0.25) is 0 Å². The number of methoxy groups -OCH3 is 3. The number of aryl methyl sites for hydroxylation is 1. The van der Waals surface area contributed by atoms with E-state index in [4.69, 9.17) is 18.9 Å². The molecule has 0 saturated heterocycles. The largest absolute Gasteiger partial charge is 0.493 e. The summed E-state index contributed by atoms with van der Waals surface area (Å²) >= 11 is 0. The number of rotatable bonds is 8. The van der Waals surface area contributed by atoms with Gasteiger partial charge in [0.1, 0.15) is 12.4 Å². The first kappa shape index (κ1) is 21.7. The molecule has 29 heavy (non-hydrogen) atoms. The number of amides is 1. The van der Waals surface area contributed by atoms with Gasteiger partial charge in [0.2, 0.25) is 11.7 Å². The highest BCUT2D eigenvalue weighted by atomic mass is 16.5. The second kappa shape index (κ2) is 11.3. The summed E-state index contributed by atoms with van der Waals surface area (Å²) in [5.41, 5.74) is 1.80. The molecule has 0 heterocycles. The van der Waals surface area contributed by atoms with Gasteiger partial charge in [0, 0.05) is 6.08 Å². The van der Waals surface area contributed by atoms with Crippen LogP contribution in [-0.4, -0.2) is 40.4 Å². The molecule has 0 unspecified atom stereocenters. The van der Waals surface area contributed by atoms with Gasteiger partial charge in [0.15, 0.2) is 11.5 Å². The summed E-state index contributed by atoms with van der Waals surface area (Å²) < 4.78 is 21.5. The van der Waals surface area contributed by atoms with E-state index in [-0.39, 0.29) is 19.1 Å². The second-order valence-corrected chi connectivity index (χ2v) is 5.92. The van der Waals surface area contributed by atoms with Gasteiger partial charge in [0.05, 0.1) is 27.9 Å². The van der Waals surface area contributed by atoms with E-state index >= 15 is 0 Å². The van der Waals surface area contributed by atoms with Crippen LogP contribution in [0.5, 0.6) is 23.0 Å². The van der Waals surface area contributed by atoms with Crippen molar-refractivity contribution in [3.8, 4) is 34.8 Å². The molecular formula is C23H25NO5. The molecule has 0 aromatic heterocycles. The Morgan fingerprint density at radius 2 is 1.69 bits per heavy atom. The van der Waals surface area contributed by atoms with Crippen LogP contribution in [0.25, 0.3) is 6.08 Å². The number of carbonyl (C=O) groups is 1. The van der Waals surface area contributed by atoms with Crippen LogP contribution in [0.1, 0.15) is 11.1 Å². The Morgan fingerprint density at radius 3 is 2.31 bits per heavy atom. The first-order chi connectivity index (χ1) is 14.1. The third-order valence-corrected chi connectivity index (χ3v) is 3.98. The predicted octanol–water partition coefficient (Wildman–Crippen LogP) is 3.23. The maximum Gasteiger partial charge on any atom is 0.244 e. The van der Waals surface area contributed by atoms with Crippen molar-refractivity contribution in [1.29, 1.82) is 0 Å². The quantitative estimate of drug-likeness (QED) is 0.549. The van der Waals surface area contributed by atoms with Crippen molar-refractivity contribution in [3.63, 3.8) is 0 Å². The molecule has 0 saturated carbocycles. The molecule has 152 valence electrons. The van der Waals surface area contributed by atoms with Gasteiger partial charge < -0.3 is 24.3 Å². The van der Waals surface area contributed by atoms with E-state index in [9.17, 15) is 4.79 Å². The van der Waals surface area contributed by atoms with Gasteiger partial charge in [-0.15, -0.1) is 0 Å². The van der Waals surface area contributed by atoms with Crippen LogP contribution < -0.4 is 24.3 Å². The molecule has 0 bridgehead atoms. The summed E-state index contributed by atoms with van der Waals surface area (Å²) in [5, 5.41) is 2.70. The Labute approximate surface area is 171 Å². The van der Waals surface area contributed by atoms with E-state index in [0.29, 0.717) is 17.2 Å². The fourth-order valence-electron chi connectivity index (χ4n) is 2.51. The molecule has 2 rings (SSSR count). The second-order valence-electron chi connectivity index (χ2n) is 5.92. The average molecular weight is 395 g/mol. The number of para-hydroxylation sites is 1. The van der Waals surface area contributed by atoms with Gasteiger partial charge >= 0.3 is 0 Å². The van der Waals surface area contributed by atoms with Crippen LogP contribution in [0.3, 0.4) is 0 Å². The SMILES string of the molecule is COc1cc(/C=C/C(=O)NCC#CCOc2ccccc2C)cc(OC)c1OC. The van der Waals surface area contributed by atoms with E-state index < -0.39 is 0 Å². The normalized spacial score (nSPS) is 10.1. The van der Waals surface area contributed by atoms with Crippen molar-refractivity contribution in [2.45, 2.75) is 6.92 Å². The molecule has 0 atom stereocenters. The fraction of sp³-hybridized carbons (Fsp3) is 0.261. The topological polar surface area (TPSA) is 66.0 Å². The van der Waals surface area contributed by atoms with E-state index in [1.54, 1.807) is 32.4 Å². The molecule has 0 radical (unpaired) electrons. The standard InChI is InChI=1S/C23H25NO5/c1-17-9-5-6-10-19(17)29-14-8-7-13-24-22(25)12-11-18-15-20(26-2)23(28-4)21(16-18)27-3/h5-6,9-12,15-16H,13-14H2,1-4H3,(H,24,25)/b12-11+. The third-order valence-electron chi connectivity index (χ3n) is 3.98. The van der Waals surface area contributed by atoms with Crippen molar-refractivity contribution in [2.75, 3.05) is 34.5 Å². The number of carbonyl (C=O) groups excluding carboxylic acids is 1. The van der Waals surface area contributed by atoms with Crippen molar-refractivity contribution >= 4 is 12.0 Å². The minimum Gasteiger partial charge on any atom is -0.493 e. The highest BCUT2D eigenvalue weighted by Gasteiger charge is 2.12. The monoisotopic (exact) mass is 395 g/mol. The van der Waals surface area contributed by atoms with Gasteiger partial charge in [-0.05, 0) is 42.3 Å². The maximum atomic E-state index is 12.0. The van der Waals surface area contributed by atoms with Crippen molar-refractivity contribution in [3.05, 3.63) is 53.6 Å². The van der Waals surface area contributed by atoms with Crippen LogP contribution in [0, 0.1) is 18.8 Å². The van der Waals surface area contributed by atoms with E-state index in [1.807, 2.05) is 31.2 Å². The first-order valence-electron chi connectivity index (χ1n) is 8.99. The van der Waals surface area contributed by atoms with Crippen LogP contribution in [0.15, 0.2) is 42.5 Å². The Balaban J connectivity index is 1.85. The van der Waals surface area contributed by atoms with Gasteiger partial charge in [0.25, 0.3) is 0 Å². The summed E-state index contributed by atoms with van der Waals surface area (Å²) in [4.78, 5) is 12.0. The predicted molar refractivity (Wildman–Crippen MR) is 113 cm³/mol. The smallest absolute Gasteiger partial charge is 0.244 e. The Hall–Kier alpha value is -3.59. The molecule has 0 fully saturated rings. The first-order valence-corrected chi connectivity index (χ1v) is 8.99. The molecule has 0 aliphatic rings. The Bertz CT molecular complexity index is 899. The lowest BCUT2D eigenvalue weighted by atomic mass is 10.1. The number of benzene rings is 2. The van der Waals surface area contributed by atoms with E-state index in [1.165, 1.54) is 13.2 Å². The molecule has 6 heteroatoms. The molecule has 0 aliphatic carbocycles. The molecule has 2 aromatic rings. The molecule has 1 N–H and O–H groups in total. The molecule has 1 amide bonds.